The Labute approximate surface area is 233 Å². The maximum atomic E-state index is 12.7. The zero-order valence-electron chi connectivity index (χ0n) is 22.6. The molecule has 7 heteroatoms. The predicted octanol–water partition coefficient (Wildman–Crippen LogP) is 7.02. The van der Waals surface area contributed by atoms with Gasteiger partial charge in [-0.25, -0.2) is 5.43 Å². The van der Waals surface area contributed by atoms with Crippen molar-refractivity contribution in [3.05, 3.63) is 108 Å². The highest BCUT2D eigenvalue weighted by molar-refractivity contribution is 7.99. The molecule has 0 bridgehead atoms. The molecule has 1 amide bonds. The van der Waals surface area contributed by atoms with Crippen molar-refractivity contribution in [1.82, 2.24) is 20.2 Å². The smallest absolute Gasteiger partial charge is 0.250 e. The molecule has 0 radical (unpaired) electrons. The average Bonchev–Trinajstić information content (AvgIpc) is 3.38. The summed E-state index contributed by atoms with van der Waals surface area (Å²) in [5.74, 6) is 0.677. The van der Waals surface area contributed by atoms with E-state index in [-0.39, 0.29) is 17.1 Å². The van der Waals surface area contributed by atoms with E-state index in [0.717, 1.165) is 33.7 Å². The lowest BCUT2D eigenvalue weighted by atomic mass is 9.87. The maximum absolute atomic E-state index is 12.7. The number of fused-ring (bicyclic) bond motifs is 1. The van der Waals surface area contributed by atoms with Gasteiger partial charge >= 0.3 is 0 Å². The Morgan fingerprint density at radius 1 is 0.872 bits per heavy atom. The molecule has 0 aliphatic carbocycles. The number of benzene rings is 4. The number of hydrogen-bond donors (Lipinski definition) is 1. The van der Waals surface area contributed by atoms with Gasteiger partial charge in [-0.3, -0.25) is 9.36 Å². The number of amides is 1. The van der Waals surface area contributed by atoms with Crippen molar-refractivity contribution in [3.8, 4) is 17.1 Å². The molecule has 0 spiro atoms. The van der Waals surface area contributed by atoms with Gasteiger partial charge in [-0.1, -0.05) is 111 Å². The van der Waals surface area contributed by atoms with Gasteiger partial charge in [0.1, 0.15) is 0 Å². The van der Waals surface area contributed by atoms with Crippen molar-refractivity contribution in [2.24, 2.45) is 5.10 Å². The molecule has 0 saturated heterocycles. The molecule has 5 aromatic rings. The molecule has 39 heavy (non-hydrogen) atoms. The first-order valence-corrected chi connectivity index (χ1v) is 13.8. The fraction of sp³-hybridized carbons (Fsp3) is 0.188. The number of nitrogens with one attached hydrogen (secondary N) is 1. The van der Waals surface area contributed by atoms with Gasteiger partial charge in [0.25, 0.3) is 5.91 Å². The zero-order valence-corrected chi connectivity index (χ0v) is 23.4. The van der Waals surface area contributed by atoms with Crippen molar-refractivity contribution >= 4 is 34.2 Å². The molecular formula is C32H31N5OS. The Morgan fingerprint density at radius 2 is 1.56 bits per heavy atom. The van der Waals surface area contributed by atoms with Crippen molar-refractivity contribution in [2.45, 2.75) is 38.3 Å². The van der Waals surface area contributed by atoms with E-state index in [0.29, 0.717) is 5.16 Å². The number of thioether (sulfide) groups is 1. The Hall–Kier alpha value is -4.23. The maximum Gasteiger partial charge on any atom is 0.250 e. The second-order valence-electron chi connectivity index (χ2n) is 10.4. The largest absolute Gasteiger partial charge is 0.272 e. The van der Waals surface area contributed by atoms with E-state index in [1.54, 1.807) is 0 Å². The lowest BCUT2D eigenvalue weighted by Gasteiger charge is -2.19. The Balaban J connectivity index is 1.33. The van der Waals surface area contributed by atoms with Crippen molar-refractivity contribution in [2.75, 3.05) is 5.75 Å². The van der Waals surface area contributed by atoms with Crippen molar-refractivity contribution < 1.29 is 4.79 Å². The molecule has 0 fully saturated rings. The van der Waals surface area contributed by atoms with E-state index >= 15 is 0 Å². The van der Waals surface area contributed by atoms with Gasteiger partial charge in [0.05, 0.1) is 11.5 Å². The lowest BCUT2D eigenvalue weighted by molar-refractivity contribution is -0.118. The van der Waals surface area contributed by atoms with Crippen LogP contribution >= 0.6 is 11.8 Å². The third-order valence-corrected chi connectivity index (χ3v) is 7.43. The topological polar surface area (TPSA) is 72.2 Å². The molecule has 1 heterocycles. The van der Waals surface area contributed by atoms with Gasteiger partial charge in [0.15, 0.2) is 11.0 Å². The monoisotopic (exact) mass is 533 g/mol. The summed E-state index contributed by atoms with van der Waals surface area (Å²) in [7, 11) is 0. The molecule has 0 atom stereocenters. The van der Waals surface area contributed by atoms with Crippen LogP contribution in [0.1, 0.15) is 38.8 Å². The van der Waals surface area contributed by atoms with Crippen LogP contribution < -0.4 is 5.43 Å². The molecule has 6 nitrogen and oxygen atoms in total. The number of para-hydroxylation sites is 1. The summed E-state index contributed by atoms with van der Waals surface area (Å²) in [6.45, 7) is 8.48. The highest BCUT2D eigenvalue weighted by Crippen LogP contribution is 2.30. The van der Waals surface area contributed by atoms with Crippen LogP contribution in [0.4, 0.5) is 0 Å². The molecule has 0 saturated carbocycles. The number of nitrogens with zero attached hydrogens (tertiary/aromatic N) is 4. The first kappa shape index (κ1) is 26.4. The molecule has 0 aliphatic heterocycles. The molecule has 5 rings (SSSR count). The summed E-state index contributed by atoms with van der Waals surface area (Å²) < 4.78 is 1.99. The van der Waals surface area contributed by atoms with Crippen LogP contribution in [0.5, 0.6) is 0 Å². The molecule has 0 aliphatic rings. The van der Waals surface area contributed by atoms with Crippen molar-refractivity contribution in [3.63, 3.8) is 0 Å². The van der Waals surface area contributed by atoms with Gasteiger partial charge in [0.2, 0.25) is 0 Å². The van der Waals surface area contributed by atoms with Crippen LogP contribution in [-0.4, -0.2) is 32.1 Å². The van der Waals surface area contributed by atoms with Gasteiger partial charge in [-0.2, -0.15) is 5.10 Å². The van der Waals surface area contributed by atoms with Crippen LogP contribution in [0.3, 0.4) is 0 Å². The zero-order chi connectivity index (χ0) is 27.4. The molecule has 1 N–H and O–H groups in total. The average molecular weight is 534 g/mol. The molecule has 1 aromatic heterocycles. The quantitative estimate of drug-likeness (QED) is 0.139. The van der Waals surface area contributed by atoms with Gasteiger partial charge in [0, 0.05) is 11.3 Å². The van der Waals surface area contributed by atoms with Gasteiger partial charge < -0.3 is 0 Å². The molecule has 4 aromatic carbocycles. The SMILES string of the molecule is C/C(=N\NC(=O)CSc1nnc(-c2ccc(C(C)(C)C)cc2)n1-c1ccccc1)c1ccc2ccccc2c1. The van der Waals surface area contributed by atoms with Crippen molar-refractivity contribution in [1.29, 1.82) is 0 Å². The van der Waals surface area contributed by atoms with Crippen LogP contribution in [0.2, 0.25) is 0 Å². The minimum atomic E-state index is -0.209. The number of carbonyl (C=O) groups excluding carboxylic acids is 1. The standard InChI is InChI=1S/C32H31N5OS/c1-22(25-15-14-23-10-8-9-11-26(23)20-25)33-34-29(38)21-39-31-36-35-30(37(31)28-12-6-5-7-13-28)24-16-18-27(19-17-24)32(2,3)4/h5-20H,21H2,1-4H3,(H,34,38)/b33-22+. The summed E-state index contributed by atoms with van der Waals surface area (Å²) in [6, 6.07) is 32.7. The van der Waals surface area contributed by atoms with Gasteiger partial charge in [-0.05, 0) is 52.4 Å². The Morgan fingerprint density at radius 3 is 2.28 bits per heavy atom. The van der Waals surface area contributed by atoms with E-state index in [2.05, 4.69) is 90.0 Å². The first-order valence-electron chi connectivity index (χ1n) is 12.9. The summed E-state index contributed by atoms with van der Waals surface area (Å²) >= 11 is 1.33. The molecule has 196 valence electrons. The highest BCUT2D eigenvalue weighted by atomic mass is 32.2. The lowest BCUT2D eigenvalue weighted by Crippen LogP contribution is -2.21. The number of rotatable bonds is 7. The summed E-state index contributed by atoms with van der Waals surface area (Å²) in [5.41, 5.74) is 7.61. The Kier molecular flexibility index (Phi) is 7.61. The van der Waals surface area contributed by atoms with Gasteiger partial charge in [-0.15, -0.1) is 10.2 Å². The van der Waals surface area contributed by atoms with E-state index in [4.69, 9.17) is 0 Å². The van der Waals surface area contributed by atoms with E-state index in [1.807, 2.05) is 60.0 Å². The number of hydrogen-bond acceptors (Lipinski definition) is 5. The third-order valence-electron chi connectivity index (χ3n) is 6.50. The summed E-state index contributed by atoms with van der Waals surface area (Å²) in [4.78, 5) is 12.7. The van der Waals surface area contributed by atoms with Crippen LogP contribution in [-0.2, 0) is 10.2 Å². The summed E-state index contributed by atoms with van der Waals surface area (Å²) in [6.07, 6.45) is 0. The molecular weight excluding hydrogens is 502 g/mol. The minimum absolute atomic E-state index is 0.0646. The number of aromatic nitrogens is 3. The first-order chi connectivity index (χ1) is 18.8. The predicted molar refractivity (Wildman–Crippen MR) is 161 cm³/mol. The minimum Gasteiger partial charge on any atom is -0.272 e. The van der Waals surface area contributed by atoms with Crippen LogP contribution in [0.25, 0.3) is 27.8 Å². The number of hydrazone groups is 1. The van der Waals surface area contributed by atoms with E-state index in [9.17, 15) is 4.79 Å². The summed E-state index contributed by atoms with van der Waals surface area (Å²) in [5, 5.41) is 16.2. The second kappa shape index (κ2) is 11.3. The fourth-order valence-corrected chi connectivity index (χ4v) is 5.01. The normalized spacial score (nSPS) is 12.1. The van der Waals surface area contributed by atoms with E-state index in [1.165, 1.54) is 22.7 Å². The highest BCUT2D eigenvalue weighted by Gasteiger charge is 2.19. The Bertz CT molecular complexity index is 1630. The third kappa shape index (κ3) is 6.10. The van der Waals surface area contributed by atoms with E-state index < -0.39 is 0 Å². The molecule has 0 unspecified atom stereocenters. The van der Waals surface area contributed by atoms with Crippen LogP contribution in [0, 0.1) is 0 Å². The fourth-order valence-electron chi connectivity index (χ4n) is 4.27. The number of carbonyl (C=O) groups is 1. The van der Waals surface area contributed by atoms with Crippen LogP contribution in [0.15, 0.2) is 107 Å². The second-order valence-corrected chi connectivity index (χ2v) is 11.3.